The monoisotopic (exact) mass is 494 g/mol. The molecule has 2 aromatic rings. The number of nitro groups is 1. The number of ether oxygens (including phenoxy) is 4. The van der Waals surface area contributed by atoms with Gasteiger partial charge >= 0.3 is 0 Å². The standard InChI is InChI=1S/C21H26N4O8S/c1-14(15-11-18(30-2)21(32-4)19(12-15)31-3)22-23-17-6-5-16(25(26)27)13-20(17)34(28,29)24-7-9-33-10-8-24/h5-6,11-13,23H,7-10H2,1-4H3. The van der Waals surface area contributed by atoms with Crippen molar-refractivity contribution in [3.05, 3.63) is 46.0 Å². The minimum Gasteiger partial charge on any atom is -0.493 e. The van der Waals surface area contributed by atoms with Gasteiger partial charge in [-0.2, -0.15) is 9.41 Å². The molecule has 0 amide bonds. The highest BCUT2D eigenvalue weighted by Crippen LogP contribution is 2.38. The highest BCUT2D eigenvalue weighted by molar-refractivity contribution is 7.89. The van der Waals surface area contributed by atoms with Crippen molar-refractivity contribution in [3.63, 3.8) is 0 Å². The first-order valence-corrected chi connectivity index (χ1v) is 11.6. The van der Waals surface area contributed by atoms with Gasteiger partial charge in [0, 0.05) is 30.8 Å². The molecule has 0 saturated carbocycles. The van der Waals surface area contributed by atoms with Crippen molar-refractivity contribution < 1.29 is 32.3 Å². The molecular weight excluding hydrogens is 468 g/mol. The fourth-order valence-corrected chi connectivity index (χ4v) is 4.92. The summed E-state index contributed by atoms with van der Waals surface area (Å²) in [5.74, 6) is 1.28. The fraction of sp³-hybridized carbons (Fsp3) is 0.381. The fourth-order valence-electron chi connectivity index (χ4n) is 3.36. The number of rotatable bonds is 9. The molecule has 0 aliphatic carbocycles. The zero-order chi connectivity index (χ0) is 24.9. The maximum absolute atomic E-state index is 13.2. The third kappa shape index (κ3) is 5.21. The Balaban J connectivity index is 2.00. The van der Waals surface area contributed by atoms with E-state index in [1.165, 1.54) is 37.8 Å². The van der Waals surface area contributed by atoms with Crippen LogP contribution in [0.3, 0.4) is 0 Å². The molecule has 34 heavy (non-hydrogen) atoms. The van der Waals surface area contributed by atoms with Crippen molar-refractivity contribution in [3.8, 4) is 17.2 Å². The summed E-state index contributed by atoms with van der Waals surface area (Å²) in [5, 5.41) is 15.6. The smallest absolute Gasteiger partial charge is 0.270 e. The summed E-state index contributed by atoms with van der Waals surface area (Å²) in [6.07, 6.45) is 0. The Labute approximate surface area is 197 Å². The number of hydrazone groups is 1. The SMILES string of the molecule is COc1cc(C(C)=NNc2ccc([N+](=O)[O-])cc2S(=O)(=O)N2CCOCC2)cc(OC)c1OC. The van der Waals surface area contributed by atoms with Crippen LogP contribution in [-0.4, -0.2) is 71.0 Å². The molecule has 3 rings (SSSR count). The lowest BCUT2D eigenvalue weighted by Crippen LogP contribution is -2.40. The molecule has 1 fully saturated rings. The van der Waals surface area contributed by atoms with Crippen LogP contribution in [0, 0.1) is 10.1 Å². The lowest BCUT2D eigenvalue weighted by molar-refractivity contribution is -0.385. The molecule has 1 heterocycles. The Bertz CT molecular complexity index is 1170. The zero-order valence-corrected chi connectivity index (χ0v) is 20.0. The van der Waals surface area contributed by atoms with Crippen molar-refractivity contribution in [2.45, 2.75) is 11.8 Å². The maximum atomic E-state index is 13.2. The van der Waals surface area contributed by atoms with Crippen LogP contribution in [0.25, 0.3) is 0 Å². The van der Waals surface area contributed by atoms with Crippen molar-refractivity contribution in [2.24, 2.45) is 5.10 Å². The molecule has 1 aliphatic heterocycles. The number of hydrogen-bond donors (Lipinski definition) is 1. The molecule has 0 spiro atoms. The van der Waals surface area contributed by atoms with E-state index in [1.54, 1.807) is 19.1 Å². The Morgan fingerprint density at radius 3 is 2.24 bits per heavy atom. The average Bonchev–Trinajstić information content (AvgIpc) is 2.86. The highest BCUT2D eigenvalue weighted by Gasteiger charge is 2.30. The molecule has 0 atom stereocenters. The molecule has 0 aromatic heterocycles. The number of benzene rings is 2. The molecule has 1 N–H and O–H groups in total. The Hall–Kier alpha value is -3.42. The van der Waals surface area contributed by atoms with Gasteiger partial charge in [0.1, 0.15) is 4.90 Å². The van der Waals surface area contributed by atoms with Crippen LogP contribution in [0.15, 0.2) is 40.3 Å². The minimum atomic E-state index is -4.03. The first kappa shape index (κ1) is 25.2. The molecule has 1 saturated heterocycles. The average molecular weight is 495 g/mol. The van der Waals surface area contributed by atoms with E-state index >= 15 is 0 Å². The summed E-state index contributed by atoms with van der Waals surface area (Å²) < 4.78 is 49.0. The number of methoxy groups -OCH3 is 3. The van der Waals surface area contributed by atoms with Crippen molar-refractivity contribution >= 4 is 27.1 Å². The number of anilines is 1. The van der Waals surface area contributed by atoms with Gasteiger partial charge in [0.15, 0.2) is 11.5 Å². The largest absolute Gasteiger partial charge is 0.493 e. The molecule has 0 radical (unpaired) electrons. The Morgan fingerprint density at radius 1 is 1.09 bits per heavy atom. The first-order valence-electron chi connectivity index (χ1n) is 10.2. The van der Waals surface area contributed by atoms with Crippen LogP contribution in [0.1, 0.15) is 12.5 Å². The normalized spacial score (nSPS) is 15.0. The minimum absolute atomic E-state index is 0.101. The van der Waals surface area contributed by atoms with Crippen LogP contribution in [0.4, 0.5) is 11.4 Å². The van der Waals surface area contributed by atoms with E-state index < -0.39 is 14.9 Å². The summed E-state index contributed by atoms with van der Waals surface area (Å²) in [4.78, 5) is 10.4. The predicted octanol–water partition coefficient (Wildman–Crippen LogP) is 2.48. The third-order valence-electron chi connectivity index (χ3n) is 5.19. The lowest BCUT2D eigenvalue weighted by Gasteiger charge is -2.26. The van der Waals surface area contributed by atoms with E-state index in [9.17, 15) is 18.5 Å². The molecule has 184 valence electrons. The molecule has 0 unspecified atom stereocenters. The molecule has 2 aromatic carbocycles. The van der Waals surface area contributed by atoms with Gasteiger partial charge in [-0.15, -0.1) is 0 Å². The van der Waals surface area contributed by atoms with Crippen LogP contribution in [-0.2, 0) is 14.8 Å². The third-order valence-corrected chi connectivity index (χ3v) is 7.13. The maximum Gasteiger partial charge on any atom is 0.270 e. The molecule has 12 nitrogen and oxygen atoms in total. The second-order valence-electron chi connectivity index (χ2n) is 7.18. The van der Waals surface area contributed by atoms with E-state index in [0.29, 0.717) is 28.5 Å². The molecule has 13 heteroatoms. The van der Waals surface area contributed by atoms with Gasteiger partial charge in [-0.1, -0.05) is 0 Å². The number of hydrogen-bond acceptors (Lipinski definition) is 10. The number of nitrogens with one attached hydrogen (secondary N) is 1. The van der Waals surface area contributed by atoms with Crippen molar-refractivity contribution in [2.75, 3.05) is 53.1 Å². The Kier molecular flexibility index (Phi) is 7.91. The second-order valence-corrected chi connectivity index (χ2v) is 9.08. The van der Waals surface area contributed by atoms with Crippen LogP contribution >= 0.6 is 0 Å². The zero-order valence-electron chi connectivity index (χ0n) is 19.2. The van der Waals surface area contributed by atoms with Gasteiger partial charge in [0.05, 0.1) is 50.9 Å². The van der Waals surface area contributed by atoms with Crippen LogP contribution in [0.2, 0.25) is 0 Å². The van der Waals surface area contributed by atoms with Gasteiger partial charge in [0.25, 0.3) is 5.69 Å². The van der Waals surface area contributed by atoms with E-state index in [2.05, 4.69) is 10.5 Å². The van der Waals surface area contributed by atoms with Gasteiger partial charge in [-0.05, 0) is 25.1 Å². The number of sulfonamides is 1. The number of non-ortho nitro benzene ring substituents is 1. The number of morpholine rings is 1. The number of nitrogens with zero attached hydrogens (tertiary/aromatic N) is 3. The molecule has 0 bridgehead atoms. The van der Waals surface area contributed by atoms with Gasteiger partial charge in [-0.3, -0.25) is 15.5 Å². The lowest BCUT2D eigenvalue weighted by atomic mass is 10.1. The summed E-state index contributed by atoms with van der Waals surface area (Å²) in [6.45, 7) is 2.50. The second kappa shape index (κ2) is 10.7. The first-order chi connectivity index (χ1) is 16.2. The van der Waals surface area contributed by atoms with Crippen molar-refractivity contribution in [1.29, 1.82) is 0 Å². The van der Waals surface area contributed by atoms with Gasteiger partial charge in [-0.25, -0.2) is 8.42 Å². The van der Waals surface area contributed by atoms with Crippen LogP contribution < -0.4 is 19.6 Å². The Morgan fingerprint density at radius 2 is 1.71 bits per heavy atom. The summed E-state index contributed by atoms with van der Waals surface area (Å²) >= 11 is 0. The quantitative estimate of drug-likeness (QED) is 0.316. The van der Waals surface area contributed by atoms with E-state index in [-0.39, 0.29) is 42.6 Å². The topological polar surface area (TPSA) is 142 Å². The van der Waals surface area contributed by atoms with E-state index in [4.69, 9.17) is 18.9 Å². The van der Waals surface area contributed by atoms with Gasteiger partial charge < -0.3 is 18.9 Å². The van der Waals surface area contributed by atoms with E-state index in [1.807, 2.05) is 0 Å². The van der Waals surface area contributed by atoms with Crippen LogP contribution in [0.5, 0.6) is 17.2 Å². The number of nitro benzene ring substituents is 1. The summed E-state index contributed by atoms with van der Waals surface area (Å²) in [7, 11) is 0.446. The predicted molar refractivity (Wildman–Crippen MR) is 125 cm³/mol. The molecule has 1 aliphatic rings. The highest BCUT2D eigenvalue weighted by atomic mass is 32.2. The summed E-state index contributed by atoms with van der Waals surface area (Å²) in [6, 6.07) is 6.95. The van der Waals surface area contributed by atoms with Crippen molar-refractivity contribution in [1.82, 2.24) is 4.31 Å². The summed E-state index contributed by atoms with van der Waals surface area (Å²) in [5.41, 5.74) is 3.60. The van der Waals surface area contributed by atoms with E-state index in [0.717, 1.165) is 6.07 Å². The van der Waals surface area contributed by atoms with Gasteiger partial charge in [0.2, 0.25) is 15.8 Å². The molecular formula is C21H26N4O8S.